The van der Waals surface area contributed by atoms with E-state index in [0.29, 0.717) is 19.0 Å². The molecular weight excluding hydrogens is 212 g/mol. The Morgan fingerprint density at radius 2 is 2.25 bits per heavy atom. The second kappa shape index (κ2) is 5.69. The van der Waals surface area contributed by atoms with Gasteiger partial charge in [0.15, 0.2) is 6.10 Å². The van der Waals surface area contributed by atoms with Crippen LogP contribution >= 0.6 is 0 Å². The van der Waals surface area contributed by atoms with Gasteiger partial charge in [0.1, 0.15) is 0 Å². The molecule has 2 atom stereocenters. The number of amides is 2. The molecule has 1 fully saturated rings. The van der Waals surface area contributed by atoms with Crippen LogP contribution in [0.25, 0.3) is 0 Å². The van der Waals surface area contributed by atoms with Crippen LogP contribution in [0.1, 0.15) is 19.8 Å². The van der Waals surface area contributed by atoms with Gasteiger partial charge in [-0.25, -0.2) is 9.59 Å². The summed E-state index contributed by atoms with van der Waals surface area (Å²) in [6, 6.07) is -0.299. The van der Waals surface area contributed by atoms with Crippen LogP contribution in [0, 0.1) is 5.92 Å². The number of carbonyl (C=O) groups excluding carboxylic acids is 1. The van der Waals surface area contributed by atoms with Crippen LogP contribution in [-0.2, 0) is 4.79 Å². The second-order valence-electron chi connectivity index (χ2n) is 4.23. The van der Waals surface area contributed by atoms with Gasteiger partial charge >= 0.3 is 12.0 Å². The molecule has 1 heterocycles. The van der Waals surface area contributed by atoms with Gasteiger partial charge in [0.05, 0.1) is 6.54 Å². The Kier molecular flexibility index (Phi) is 4.54. The highest BCUT2D eigenvalue weighted by molar-refractivity contribution is 5.76. The van der Waals surface area contributed by atoms with Gasteiger partial charge in [-0.15, -0.1) is 0 Å². The van der Waals surface area contributed by atoms with Crippen molar-refractivity contribution in [1.82, 2.24) is 10.2 Å². The van der Waals surface area contributed by atoms with Crippen LogP contribution in [-0.4, -0.2) is 52.9 Å². The molecule has 1 saturated heterocycles. The van der Waals surface area contributed by atoms with Gasteiger partial charge in [-0.2, -0.15) is 0 Å². The molecule has 16 heavy (non-hydrogen) atoms. The molecule has 0 aromatic heterocycles. The number of aliphatic hydroxyl groups excluding tert-OH is 1. The number of hydrogen-bond donors (Lipinski definition) is 3. The number of rotatable bonds is 3. The summed E-state index contributed by atoms with van der Waals surface area (Å²) in [4.78, 5) is 23.6. The average molecular weight is 230 g/mol. The van der Waals surface area contributed by atoms with E-state index < -0.39 is 12.1 Å². The largest absolute Gasteiger partial charge is 0.479 e. The van der Waals surface area contributed by atoms with E-state index in [2.05, 4.69) is 12.2 Å². The first kappa shape index (κ1) is 12.8. The lowest BCUT2D eigenvalue weighted by Crippen LogP contribution is -2.47. The van der Waals surface area contributed by atoms with Crippen molar-refractivity contribution < 1.29 is 19.8 Å². The lowest BCUT2D eigenvalue weighted by Gasteiger charge is -2.31. The molecular formula is C10H18N2O4. The topological polar surface area (TPSA) is 89.9 Å². The Balaban J connectivity index is 2.31. The Labute approximate surface area is 94.2 Å². The third kappa shape index (κ3) is 3.69. The van der Waals surface area contributed by atoms with E-state index in [4.69, 9.17) is 10.2 Å². The Morgan fingerprint density at radius 3 is 2.81 bits per heavy atom. The first-order valence-electron chi connectivity index (χ1n) is 5.44. The molecule has 1 unspecified atom stereocenters. The number of hydrogen-bond acceptors (Lipinski definition) is 3. The van der Waals surface area contributed by atoms with Gasteiger partial charge in [-0.05, 0) is 18.8 Å². The monoisotopic (exact) mass is 230 g/mol. The molecule has 0 aromatic carbocycles. The molecule has 0 spiro atoms. The van der Waals surface area contributed by atoms with Gasteiger partial charge in [-0.1, -0.05) is 6.92 Å². The van der Waals surface area contributed by atoms with E-state index >= 15 is 0 Å². The van der Waals surface area contributed by atoms with Crippen molar-refractivity contribution in [3.63, 3.8) is 0 Å². The number of carboxylic acid groups (broad SMARTS) is 1. The molecule has 6 heteroatoms. The van der Waals surface area contributed by atoms with Gasteiger partial charge < -0.3 is 20.4 Å². The number of urea groups is 1. The standard InChI is InChI=1S/C10H18N2O4/c1-7-3-2-4-12(6-7)10(16)11-5-8(13)9(14)15/h7-8,13H,2-6H2,1H3,(H,11,16)(H,14,15)/t7?,8-/m0/s1. The number of aliphatic hydroxyl groups is 1. The molecule has 2 amide bonds. The van der Waals surface area contributed by atoms with Crippen LogP contribution in [0.3, 0.4) is 0 Å². The molecule has 1 aliphatic rings. The maximum Gasteiger partial charge on any atom is 0.334 e. The molecule has 0 aliphatic carbocycles. The lowest BCUT2D eigenvalue weighted by molar-refractivity contribution is -0.146. The summed E-state index contributed by atoms with van der Waals surface area (Å²) in [7, 11) is 0. The summed E-state index contributed by atoms with van der Waals surface area (Å²) in [5.41, 5.74) is 0. The van der Waals surface area contributed by atoms with Crippen LogP contribution in [0.5, 0.6) is 0 Å². The quantitative estimate of drug-likeness (QED) is 0.630. The average Bonchev–Trinajstić information content (AvgIpc) is 2.25. The van der Waals surface area contributed by atoms with Gasteiger partial charge in [-0.3, -0.25) is 0 Å². The lowest BCUT2D eigenvalue weighted by atomic mass is 10.0. The summed E-state index contributed by atoms with van der Waals surface area (Å²) in [6.45, 7) is 3.21. The van der Waals surface area contributed by atoms with Crippen molar-refractivity contribution in [2.45, 2.75) is 25.9 Å². The van der Waals surface area contributed by atoms with E-state index in [1.807, 2.05) is 0 Å². The van der Waals surface area contributed by atoms with Crippen molar-refractivity contribution in [2.75, 3.05) is 19.6 Å². The van der Waals surface area contributed by atoms with E-state index in [1.54, 1.807) is 4.90 Å². The van der Waals surface area contributed by atoms with Crippen LogP contribution in [0.4, 0.5) is 4.79 Å². The van der Waals surface area contributed by atoms with Crippen molar-refractivity contribution >= 4 is 12.0 Å². The highest BCUT2D eigenvalue weighted by Gasteiger charge is 2.22. The van der Waals surface area contributed by atoms with Crippen LogP contribution in [0.2, 0.25) is 0 Å². The molecule has 0 saturated carbocycles. The van der Waals surface area contributed by atoms with Crippen molar-refractivity contribution in [3.8, 4) is 0 Å². The summed E-state index contributed by atoms with van der Waals surface area (Å²) >= 11 is 0. The summed E-state index contributed by atoms with van der Waals surface area (Å²) < 4.78 is 0. The smallest absolute Gasteiger partial charge is 0.334 e. The molecule has 1 rings (SSSR count). The maximum atomic E-state index is 11.6. The summed E-state index contributed by atoms with van der Waals surface area (Å²) in [6.07, 6.45) is 0.545. The number of nitrogens with one attached hydrogen (secondary N) is 1. The zero-order valence-electron chi connectivity index (χ0n) is 9.35. The van der Waals surface area contributed by atoms with Gasteiger partial charge in [0.2, 0.25) is 0 Å². The minimum Gasteiger partial charge on any atom is -0.479 e. The highest BCUT2D eigenvalue weighted by Crippen LogP contribution is 2.15. The molecule has 92 valence electrons. The van der Waals surface area contributed by atoms with E-state index in [-0.39, 0.29) is 12.6 Å². The van der Waals surface area contributed by atoms with E-state index in [1.165, 1.54) is 0 Å². The summed E-state index contributed by atoms with van der Waals surface area (Å²) in [5, 5.41) is 19.8. The third-order valence-corrected chi connectivity index (χ3v) is 2.68. The van der Waals surface area contributed by atoms with Crippen LogP contribution in [0.15, 0.2) is 0 Å². The minimum atomic E-state index is -1.54. The second-order valence-corrected chi connectivity index (χ2v) is 4.23. The molecule has 6 nitrogen and oxygen atoms in total. The molecule has 0 aromatic rings. The highest BCUT2D eigenvalue weighted by atomic mass is 16.4. The number of aliphatic carboxylic acids is 1. The maximum absolute atomic E-state index is 11.6. The van der Waals surface area contributed by atoms with Crippen molar-refractivity contribution in [1.29, 1.82) is 0 Å². The zero-order valence-corrected chi connectivity index (χ0v) is 9.35. The minimum absolute atomic E-state index is 0.251. The number of carbonyl (C=O) groups is 2. The Bertz CT molecular complexity index is 270. The zero-order chi connectivity index (χ0) is 12.1. The van der Waals surface area contributed by atoms with Crippen molar-refractivity contribution in [3.05, 3.63) is 0 Å². The summed E-state index contributed by atoms with van der Waals surface area (Å²) in [5.74, 6) is -0.851. The Hall–Kier alpha value is -1.30. The molecule has 3 N–H and O–H groups in total. The molecule has 0 bridgehead atoms. The predicted octanol–water partition coefficient (Wildman–Crippen LogP) is -0.127. The van der Waals surface area contributed by atoms with Crippen LogP contribution < -0.4 is 5.32 Å². The molecule has 1 aliphatic heterocycles. The molecule has 0 radical (unpaired) electrons. The predicted molar refractivity (Wildman–Crippen MR) is 57.0 cm³/mol. The van der Waals surface area contributed by atoms with E-state index in [9.17, 15) is 9.59 Å². The number of piperidine rings is 1. The Morgan fingerprint density at radius 1 is 1.56 bits per heavy atom. The third-order valence-electron chi connectivity index (χ3n) is 2.68. The van der Waals surface area contributed by atoms with Gasteiger partial charge in [0.25, 0.3) is 0 Å². The van der Waals surface area contributed by atoms with Crippen molar-refractivity contribution in [2.24, 2.45) is 5.92 Å². The van der Waals surface area contributed by atoms with E-state index in [0.717, 1.165) is 12.8 Å². The number of carboxylic acids is 1. The number of nitrogens with zero attached hydrogens (tertiary/aromatic N) is 1. The fourth-order valence-electron chi connectivity index (χ4n) is 1.76. The first-order chi connectivity index (χ1) is 7.50. The first-order valence-corrected chi connectivity index (χ1v) is 5.44. The SMILES string of the molecule is CC1CCCN(C(=O)NC[C@H](O)C(=O)O)C1. The number of likely N-dealkylation sites (tertiary alicyclic amines) is 1. The normalized spacial score (nSPS) is 22.6. The fraction of sp³-hybridized carbons (Fsp3) is 0.800. The van der Waals surface area contributed by atoms with Gasteiger partial charge in [0, 0.05) is 13.1 Å². The fourth-order valence-corrected chi connectivity index (χ4v) is 1.76.